The highest BCUT2D eigenvalue weighted by Crippen LogP contribution is 2.16. The van der Waals surface area contributed by atoms with E-state index in [1.165, 1.54) is 161 Å². The Morgan fingerprint density at radius 3 is 0.836 bits per heavy atom. The van der Waals surface area contributed by atoms with Crippen LogP contribution in [0.3, 0.4) is 0 Å². The first-order chi connectivity index (χ1) is 36.0. The number of allylic oxidation sites excluding steroid dienone is 14. The summed E-state index contributed by atoms with van der Waals surface area (Å²) < 4.78 is 16.8. The predicted molar refractivity (Wildman–Crippen MR) is 316 cm³/mol. The van der Waals surface area contributed by atoms with Crippen molar-refractivity contribution in [3.63, 3.8) is 0 Å². The summed E-state index contributed by atoms with van der Waals surface area (Å²) in [5.41, 5.74) is 0. The molecule has 0 aromatic rings. The van der Waals surface area contributed by atoms with Gasteiger partial charge in [-0.3, -0.25) is 14.4 Å². The first-order valence-corrected chi connectivity index (χ1v) is 31.1. The number of hydrogen-bond acceptors (Lipinski definition) is 6. The minimum Gasteiger partial charge on any atom is -0.462 e. The summed E-state index contributed by atoms with van der Waals surface area (Å²) in [5.74, 6) is -0.867. The average Bonchev–Trinajstić information content (AvgIpc) is 3.39. The van der Waals surface area contributed by atoms with E-state index in [1.54, 1.807) is 0 Å². The molecule has 1 unspecified atom stereocenters. The molecule has 6 nitrogen and oxygen atoms in total. The maximum absolute atomic E-state index is 12.8. The second-order valence-electron chi connectivity index (χ2n) is 20.6. The minimum atomic E-state index is -0.769. The van der Waals surface area contributed by atoms with Crippen molar-refractivity contribution in [2.45, 2.75) is 309 Å². The molecule has 0 fully saturated rings. The minimum absolute atomic E-state index is 0.0710. The van der Waals surface area contributed by atoms with Gasteiger partial charge in [-0.25, -0.2) is 0 Å². The van der Waals surface area contributed by atoms with E-state index < -0.39 is 6.10 Å². The Morgan fingerprint density at radius 2 is 0.534 bits per heavy atom. The van der Waals surface area contributed by atoms with Crippen LogP contribution in [-0.2, 0) is 28.6 Å². The molecule has 420 valence electrons. The second-order valence-corrected chi connectivity index (χ2v) is 20.6. The molecule has 1 atom stereocenters. The number of unbranched alkanes of at least 4 members (excludes halogenated alkanes) is 31. The molecular weight excluding hydrogens is 901 g/mol. The van der Waals surface area contributed by atoms with E-state index in [0.717, 1.165) is 103 Å². The lowest BCUT2D eigenvalue weighted by molar-refractivity contribution is -0.167. The van der Waals surface area contributed by atoms with Crippen LogP contribution in [0.2, 0.25) is 0 Å². The summed E-state index contributed by atoms with van der Waals surface area (Å²) in [7, 11) is 0. The number of carbonyl (C=O) groups is 3. The van der Waals surface area contributed by atoms with Gasteiger partial charge < -0.3 is 14.2 Å². The normalized spacial score (nSPS) is 12.6. The van der Waals surface area contributed by atoms with Gasteiger partial charge in [0.15, 0.2) is 6.10 Å². The van der Waals surface area contributed by atoms with Crippen molar-refractivity contribution in [2.75, 3.05) is 13.2 Å². The third-order valence-electron chi connectivity index (χ3n) is 13.4. The van der Waals surface area contributed by atoms with E-state index in [-0.39, 0.29) is 31.1 Å². The van der Waals surface area contributed by atoms with Gasteiger partial charge in [0.1, 0.15) is 13.2 Å². The zero-order valence-electron chi connectivity index (χ0n) is 48.1. The molecule has 0 radical (unpaired) electrons. The summed E-state index contributed by atoms with van der Waals surface area (Å²) in [6.07, 6.45) is 80.4. The van der Waals surface area contributed by atoms with E-state index in [1.807, 2.05) is 0 Å². The molecular formula is C67H116O6. The lowest BCUT2D eigenvalue weighted by Crippen LogP contribution is -2.30. The Bertz CT molecular complexity index is 1400. The number of ether oxygens (including phenoxy) is 3. The van der Waals surface area contributed by atoms with Crippen LogP contribution in [0.1, 0.15) is 303 Å². The molecule has 0 amide bonds. The first-order valence-electron chi connectivity index (χ1n) is 31.1. The summed E-state index contributed by atoms with van der Waals surface area (Å²) in [6.45, 7) is 6.51. The fourth-order valence-corrected chi connectivity index (χ4v) is 8.78. The summed E-state index contributed by atoms with van der Waals surface area (Å²) in [5, 5.41) is 0. The highest BCUT2D eigenvalue weighted by atomic mass is 16.6. The monoisotopic (exact) mass is 1020 g/mol. The van der Waals surface area contributed by atoms with Crippen LogP contribution in [-0.4, -0.2) is 37.2 Å². The smallest absolute Gasteiger partial charge is 0.306 e. The van der Waals surface area contributed by atoms with Crippen LogP contribution in [0.15, 0.2) is 85.1 Å². The number of rotatable bonds is 56. The molecule has 73 heavy (non-hydrogen) atoms. The molecule has 0 bridgehead atoms. The van der Waals surface area contributed by atoms with Crippen LogP contribution < -0.4 is 0 Å². The third-order valence-corrected chi connectivity index (χ3v) is 13.4. The van der Waals surface area contributed by atoms with E-state index in [2.05, 4.69) is 106 Å². The largest absolute Gasteiger partial charge is 0.462 e. The van der Waals surface area contributed by atoms with E-state index in [0.29, 0.717) is 19.3 Å². The van der Waals surface area contributed by atoms with Gasteiger partial charge in [-0.15, -0.1) is 0 Å². The predicted octanol–water partition coefficient (Wildman–Crippen LogP) is 21.1. The molecule has 0 aromatic carbocycles. The maximum Gasteiger partial charge on any atom is 0.306 e. The Balaban J connectivity index is 4.02. The van der Waals surface area contributed by atoms with Crippen molar-refractivity contribution in [3.05, 3.63) is 85.1 Å². The summed E-state index contributed by atoms with van der Waals surface area (Å²) in [6, 6.07) is 0. The number of carbonyl (C=O) groups excluding carboxylic acids is 3. The van der Waals surface area contributed by atoms with Gasteiger partial charge in [-0.2, -0.15) is 0 Å². The third kappa shape index (κ3) is 59.3. The van der Waals surface area contributed by atoms with Gasteiger partial charge in [-0.1, -0.05) is 292 Å². The van der Waals surface area contributed by atoms with Crippen molar-refractivity contribution in [2.24, 2.45) is 0 Å². The van der Waals surface area contributed by atoms with Crippen molar-refractivity contribution in [3.8, 4) is 0 Å². The Kier molecular flexibility index (Phi) is 58.3. The lowest BCUT2D eigenvalue weighted by atomic mass is 10.0. The lowest BCUT2D eigenvalue weighted by Gasteiger charge is -2.18. The highest BCUT2D eigenvalue weighted by molar-refractivity contribution is 5.71. The van der Waals surface area contributed by atoms with Crippen molar-refractivity contribution < 1.29 is 28.6 Å². The van der Waals surface area contributed by atoms with Gasteiger partial charge in [0.05, 0.1) is 0 Å². The van der Waals surface area contributed by atoms with Gasteiger partial charge in [-0.05, 0) is 77.0 Å². The zero-order valence-corrected chi connectivity index (χ0v) is 48.1. The van der Waals surface area contributed by atoms with E-state index in [4.69, 9.17) is 14.2 Å². The standard InChI is InChI=1S/C67H116O6/c1-4-7-10-13-16-19-21-23-24-25-26-27-28-29-30-31-32-33-34-35-36-37-38-39-40-41-42-43-44-45-47-48-51-54-57-60-66(69)72-63-64(62-71-65(68)59-56-53-50-18-15-12-9-6-3)73-67(70)61-58-55-52-49-46-22-20-17-14-11-8-5-2/h7,10,16,19,23-24,26-27,29-30,32-33,35-36,64H,4-6,8-9,11-15,17-18,20-22,25,28,31,34,37-63H2,1-3H3/b10-7-,19-16-,24-23-,27-26-,30-29-,33-32-,36-35-. The Hall–Kier alpha value is -3.41. The van der Waals surface area contributed by atoms with Crippen molar-refractivity contribution >= 4 is 17.9 Å². The van der Waals surface area contributed by atoms with Crippen LogP contribution in [0, 0.1) is 0 Å². The number of esters is 3. The SMILES string of the molecule is CC/C=C\C/C=C\C/C=C\C/C=C\C/C=C\C/C=C\C/C=C\CCCCCCCCCCCCCCCC(=O)OCC(COC(=O)CCCCCCCCCC)OC(=O)CCCCCCCCCCCCCC. The van der Waals surface area contributed by atoms with Gasteiger partial charge in [0.2, 0.25) is 0 Å². The second kappa shape index (κ2) is 61.1. The molecule has 0 aliphatic carbocycles. The van der Waals surface area contributed by atoms with Gasteiger partial charge in [0, 0.05) is 19.3 Å². The van der Waals surface area contributed by atoms with E-state index in [9.17, 15) is 14.4 Å². The Labute approximate surface area is 452 Å². The van der Waals surface area contributed by atoms with Crippen molar-refractivity contribution in [1.29, 1.82) is 0 Å². The van der Waals surface area contributed by atoms with E-state index >= 15 is 0 Å². The molecule has 0 heterocycles. The molecule has 0 aromatic heterocycles. The maximum atomic E-state index is 12.8. The van der Waals surface area contributed by atoms with Gasteiger partial charge in [0.25, 0.3) is 0 Å². The van der Waals surface area contributed by atoms with Crippen LogP contribution in [0.4, 0.5) is 0 Å². The average molecular weight is 1020 g/mol. The molecule has 0 N–H and O–H groups in total. The quantitative estimate of drug-likeness (QED) is 0.0261. The fraction of sp³-hybridized carbons (Fsp3) is 0.746. The molecule has 6 heteroatoms. The first kappa shape index (κ1) is 69.6. The molecule has 0 aliphatic heterocycles. The van der Waals surface area contributed by atoms with Crippen LogP contribution >= 0.6 is 0 Å². The molecule has 0 saturated carbocycles. The molecule has 0 aliphatic rings. The summed E-state index contributed by atoms with van der Waals surface area (Å²) in [4.78, 5) is 38.0. The molecule has 0 spiro atoms. The molecule has 0 saturated heterocycles. The fourth-order valence-electron chi connectivity index (χ4n) is 8.78. The Morgan fingerprint density at radius 1 is 0.288 bits per heavy atom. The molecule has 0 rings (SSSR count). The highest BCUT2D eigenvalue weighted by Gasteiger charge is 2.19. The number of hydrogen-bond donors (Lipinski definition) is 0. The summed E-state index contributed by atoms with van der Waals surface area (Å²) >= 11 is 0. The van der Waals surface area contributed by atoms with Gasteiger partial charge >= 0.3 is 17.9 Å². The zero-order chi connectivity index (χ0) is 52.9. The van der Waals surface area contributed by atoms with Crippen LogP contribution in [0.25, 0.3) is 0 Å². The topological polar surface area (TPSA) is 78.9 Å². The van der Waals surface area contributed by atoms with Crippen LogP contribution in [0.5, 0.6) is 0 Å². The van der Waals surface area contributed by atoms with Crippen molar-refractivity contribution in [1.82, 2.24) is 0 Å².